The molecule has 6 nitrogen and oxygen atoms in total. The van der Waals surface area contributed by atoms with Crippen LogP contribution < -0.4 is 5.73 Å². The van der Waals surface area contributed by atoms with Crippen LogP contribution in [0.15, 0.2) is 30.6 Å². The smallest absolute Gasteiger partial charge is 0.244 e. The van der Waals surface area contributed by atoms with E-state index in [1.807, 2.05) is 36.1 Å². The van der Waals surface area contributed by atoms with E-state index in [2.05, 4.69) is 10.1 Å². The van der Waals surface area contributed by atoms with Crippen LogP contribution in [0.3, 0.4) is 0 Å². The zero-order valence-electron chi connectivity index (χ0n) is 12.1. The third-order valence-electron chi connectivity index (χ3n) is 3.63. The lowest BCUT2D eigenvalue weighted by Crippen LogP contribution is -2.35. The number of nitrogens with two attached hydrogens (primary N) is 1. The van der Waals surface area contributed by atoms with Crippen molar-refractivity contribution in [1.82, 2.24) is 19.7 Å². The lowest BCUT2D eigenvalue weighted by molar-refractivity contribution is -0.132. The summed E-state index contributed by atoms with van der Waals surface area (Å²) in [5, 5.41) is 4.36. The van der Waals surface area contributed by atoms with Crippen LogP contribution in [0, 0.1) is 0 Å². The van der Waals surface area contributed by atoms with E-state index in [4.69, 9.17) is 5.73 Å². The number of aromatic nitrogens is 3. The molecule has 1 aromatic carbocycles. The molecule has 2 aromatic rings. The highest BCUT2D eigenvalue weighted by molar-refractivity contribution is 5.76. The van der Waals surface area contributed by atoms with Gasteiger partial charge in [0.2, 0.25) is 5.91 Å². The number of rotatable bonds is 5. The summed E-state index contributed by atoms with van der Waals surface area (Å²) >= 11 is 0. The molecule has 0 spiro atoms. The van der Waals surface area contributed by atoms with Crippen molar-refractivity contribution in [3.63, 3.8) is 0 Å². The predicted octanol–water partition coefficient (Wildman–Crippen LogP) is 1.54. The van der Waals surface area contributed by atoms with Crippen molar-refractivity contribution in [2.75, 3.05) is 12.3 Å². The fourth-order valence-electron chi connectivity index (χ4n) is 2.43. The van der Waals surface area contributed by atoms with Gasteiger partial charge in [-0.05, 0) is 31.9 Å². The van der Waals surface area contributed by atoms with Crippen LogP contribution in [0.5, 0.6) is 0 Å². The molecular weight excluding hydrogens is 266 g/mol. The first-order valence-electron chi connectivity index (χ1n) is 7.22. The van der Waals surface area contributed by atoms with E-state index in [0.717, 1.165) is 24.9 Å². The van der Waals surface area contributed by atoms with Gasteiger partial charge in [0.25, 0.3) is 0 Å². The molecule has 0 atom stereocenters. The van der Waals surface area contributed by atoms with Gasteiger partial charge in [0.1, 0.15) is 12.9 Å². The largest absolute Gasteiger partial charge is 0.399 e. The zero-order valence-corrected chi connectivity index (χ0v) is 12.1. The third-order valence-corrected chi connectivity index (χ3v) is 3.63. The van der Waals surface area contributed by atoms with Crippen LogP contribution in [0.25, 0.3) is 11.4 Å². The minimum absolute atomic E-state index is 0.101. The standard InChI is InChI=1S/C15H19N5O/c1-2-20(13-6-7-13)14(21)9-19-10-17-15(18-19)11-4-3-5-12(16)8-11/h3-5,8,10,13H,2,6-7,9,16H2,1H3. The van der Waals surface area contributed by atoms with Crippen molar-refractivity contribution in [2.24, 2.45) is 0 Å². The molecule has 110 valence electrons. The number of hydrogen-bond donors (Lipinski definition) is 1. The van der Waals surface area contributed by atoms with Gasteiger partial charge in [0.05, 0.1) is 0 Å². The number of carbonyl (C=O) groups excluding carboxylic acids is 1. The fourth-order valence-corrected chi connectivity index (χ4v) is 2.43. The Balaban J connectivity index is 1.71. The molecular formula is C15H19N5O. The third kappa shape index (κ3) is 3.04. The molecule has 0 unspecified atom stereocenters. The van der Waals surface area contributed by atoms with Crippen molar-refractivity contribution in [3.05, 3.63) is 30.6 Å². The summed E-state index contributed by atoms with van der Waals surface area (Å²) in [6.45, 7) is 3.00. The van der Waals surface area contributed by atoms with Gasteiger partial charge in [0, 0.05) is 23.8 Å². The minimum atomic E-state index is 0.101. The van der Waals surface area contributed by atoms with Crippen molar-refractivity contribution in [3.8, 4) is 11.4 Å². The van der Waals surface area contributed by atoms with E-state index in [9.17, 15) is 4.79 Å². The van der Waals surface area contributed by atoms with Crippen LogP contribution in [0.4, 0.5) is 5.69 Å². The van der Waals surface area contributed by atoms with Crippen molar-refractivity contribution in [2.45, 2.75) is 32.4 Å². The van der Waals surface area contributed by atoms with Crippen LogP contribution in [-0.4, -0.2) is 38.2 Å². The quantitative estimate of drug-likeness (QED) is 0.845. The Morgan fingerprint density at radius 1 is 1.48 bits per heavy atom. The molecule has 0 radical (unpaired) electrons. The van der Waals surface area contributed by atoms with Crippen LogP contribution in [-0.2, 0) is 11.3 Å². The molecule has 0 aliphatic heterocycles. The molecule has 1 amide bonds. The Hall–Kier alpha value is -2.37. The number of nitrogen functional groups attached to an aromatic ring is 1. The van der Waals surface area contributed by atoms with Gasteiger partial charge in [-0.1, -0.05) is 12.1 Å². The van der Waals surface area contributed by atoms with Gasteiger partial charge in [-0.15, -0.1) is 0 Å². The summed E-state index contributed by atoms with van der Waals surface area (Å²) < 4.78 is 1.59. The summed E-state index contributed by atoms with van der Waals surface area (Å²) in [5.41, 5.74) is 7.29. The number of benzene rings is 1. The number of nitrogens with zero attached hydrogens (tertiary/aromatic N) is 4. The summed E-state index contributed by atoms with van der Waals surface area (Å²) in [7, 11) is 0. The maximum absolute atomic E-state index is 12.2. The number of anilines is 1. The number of hydrogen-bond acceptors (Lipinski definition) is 4. The highest BCUT2D eigenvalue weighted by Crippen LogP contribution is 2.26. The molecule has 1 fully saturated rings. The molecule has 1 aliphatic rings. The molecule has 0 saturated heterocycles. The molecule has 2 N–H and O–H groups in total. The molecule has 1 saturated carbocycles. The number of likely N-dealkylation sites (N-methyl/N-ethyl adjacent to an activating group) is 1. The first-order valence-corrected chi connectivity index (χ1v) is 7.22. The Morgan fingerprint density at radius 3 is 2.95 bits per heavy atom. The Bertz CT molecular complexity index is 647. The summed E-state index contributed by atoms with van der Waals surface area (Å²) in [6.07, 6.45) is 3.83. The molecule has 1 aromatic heterocycles. The highest BCUT2D eigenvalue weighted by Gasteiger charge is 2.31. The van der Waals surface area contributed by atoms with Gasteiger partial charge >= 0.3 is 0 Å². The average Bonchev–Trinajstić information content (AvgIpc) is 3.18. The Morgan fingerprint density at radius 2 is 2.29 bits per heavy atom. The second-order valence-electron chi connectivity index (χ2n) is 5.30. The van der Waals surface area contributed by atoms with E-state index < -0.39 is 0 Å². The van der Waals surface area contributed by atoms with E-state index in [-0.39, 0.29) is 12.5 Å². The summed E-state index contributed by atoms with van der Waals surface area (Å²) in [6, 6.07) is 7.84. The molecule has 6 heteroatoms. The van der Waals surface area contributed by atoms with E-state index in [1.54, 1.807) is 11.0 Å². The van der Waals surface area contributed by atoms with Crippen molar-refractivity contribution in [1.29, 1.82) is 0 Å². The molecule has 1 aliphatic carbocycles. The number of carbonyl (C=O) groups is 1. The van der Waals surface area contributed by atoms with E-state index in [1.165, 1.54) is 0 Å². The molecule has 0 bridgehead atoms. The van der Waals surface area contributed by atoms with Crippen molar-refractivity contribution >= 4 is 11.6 Å². The maximum Gasteiger partial charge on any atom is 0.244 e. The van der Waals surface area contributed by atoms with Gasteiger partial charge in [-0.3, -0.25) is 4.79 Å². The van der Waals surface area contributed by atoms with Crippen molar-refractivity contribution < 1.29 is 4.79 Å². The predicted molar refractivity (Wildman–Crippen MR) is 80.3 cm³/mol. The van der Waals surface area contributed by atoms with Gasteiger partial charge < -0.3 is 10.6 Å². The normalized spacial score (nSPS) is 14.1. The molecule has 1 heterocycles. The topological polar surface area (TPSA) is 77.0 Å². The summed E-state index contributed by atoms with van der Waals surface area (Å²) in [5.74, 6) is 0.689. The summed E-state index contributed by atoms with van der Waals surface area (Å²) in [4.78, 5) is 18.4. The minimum Gasteiger partial charge on any atom is -0.399 e. The first-order chi connectivity index (χ1) is 10.2. The zero-order chi connectivity index (χ0) is 14.8. The van der Waals surface area contributed by atoms with E-state index >= 15 is 0 Å². The SMILES string of the molecule is CCN(C(=O)Cn1cnc(-c2cccc(N)c2)n1)C1CC1. The lowest BCUT2D eigenvalue weighted by Gasteiger charge is -2.19. The monoisotopic (exact) mass is 285 g/mol. The Labute approximate surface area is 123 Å². The number of amides is 1. The molecule has 3 rings (SSSR count). The second-order valence-corrected chi connectivity index (χ2v) is 5.30. The molecule has 21 heavy (non-hydrogen) atoms. The van der Waals surface area contributed by atoms with Gasteiger partial charge in [0.15, 0.2) is 5.82 Å². The highest BCUT2D eigenvalue weighted by atomic mass is 16.2. The van der Waals surface area contributed by atoms with Gasteiger partial charge in [-0.25, -0.2) is 9.67 Å². The van der Waals surface area contributed by atoms with Crippen LogP contribution in [0.2, 0.25) is 0 Å². The Kier molecular flexibility index (Phi) is 3.60. The van der Waals surface area contributed by atoms with Crippen LogP contribution >= 0.6 is 0 Å². The second kappa shape index (κ2) is 5.55. The lowest BCUT2D eigenvalue weighted by atomic mass is 10.2. The average molecular weight is 285 g/mol. The van der Waals surface area contributed by atoms with E-state index in [0.29, 0.717) is 17.6 Å². The van der Waals surface area contributed by atoms with Gasteiger partial charge in [-0.2, -0.15) is 5.10 Å². The maximum atomic E-state index is 12.2. The fraction of sp³-hybridized carbons (Fsp3) is 0.400. The van der Waals surface area contributed by atoms with Crippen LogP contribution in [0.1, 0.15) is 19.8 Å². The first kappa shape index (κ1) is 13.6.